The van der Waals surface area contributed by atoms with Crippen molar-refractivity contribution in [1.82, 2.24) is 10.6 Å². The molecule has 0 aromatic heterocycles. The predicted octanol–water partition coefficient (Wildman–Crippen LogP) is 2.77. The van der Waals surface area contributed by atoms with Crippen molar-refractivity contribution in [3.05, 3.63) is 29.8 Å². The second-order valence-corrected chi connectivity index (χ2v) is 6.43. The third-order valence-corrected chi connectivity index (χ3v) is 3.43. The number of ether oxygens (including phenoxy) is 1. The number of guanidine groups is 1. The summed E-state index contributed by atoms with van der Waals surface area (Å²) in [6, 6.07) is 8.35. The van der Waals surface area contributed by atoms with E-state index in [4.69, 9.17) is 4.74 Å². The van der Waals surface area contributed by atoms with E-state index in [1.165, 1.54) is 11.3 Å². The van der Waals surface area contributed by atoms with Gasteiger partial charge in [0.05, 0.1) is 0 Å². The molecule has 0 unspecified atom stereocenters. The van der Waals surface area contributed by atoms with Gasteiger partial charge in [-0.05, 0) is 38.8 Å². The SMILES string of the molecule is CN=C(NCCNC(=O)OC(C)(C)C)N1CCc2ccccc21.I. The fraction of sp³-hybridized carbons (Fsp3) is 0.529. The summed E-state index contributed by atoms with van der Waals surface area (Å²) < 4.78 is 5.20. The van der Waals surface area contributed by atoms with Gasteiger partial charge in [0.25, 0.3) is 0 Å². The van der Waals surface area contributed by atoms with Crippen molar-refractivity contribution < 1.29 is 9.53 Å². The smallest absolute Gasteiger partial charge is 0.407 e. The van der Waals surface area contributed by atoms with Gasteiger partial charge < -0.3 is 20.3 Å². The lowest BCUT2D eigenvalue weighted by molar-refractivity contribution is 0.0529. The van der Waals surface area contributed by atoms with Crippen LogP contribution in [0.5, 0.6) is 0 Å². The van der Waals surface area contributed by atoms with E-state index >= 15 is 0 Å². The number of carbonyl (C=O) groups is 1. The van der Waals surface area contributed by atoms with Crippen LogP contribution in [0.4, 0.5) is 10.5 Å². The van der Waals surface area contributed by atoms with E-state index in [-0.39, 0.29) is 24.0 Å². The maximum Gasteiger partial charge on any atom is 0.407 e. The summed E-state index contributed by atoms with van der Waals surface area (Å²) >= 11 is 0. The van der Waals surface area contributed by atoms with Crippen molar-refractivity contribution in [1.29, 1.82) is 0 Å². The van der Waals surface area contributed by atoms with Crippen LogP contribution in [0, 0.1) is 0 Å². The molecule has 0 spiro atoms. The minimum Gasteiger partial charge on any atom is -0.444 e. The monoisotopic (exact) mass is 446 g/mol. The standard InChI is InChI=1S/C17H26N4O2.HI/c1-17(2,3)23-16(22)20-11-10-19-15(18-4)21-12-9-13-7-5-6-8-14(13)21;/h5-8H,9-12H2,1-4H3,(H,18,19)(H,20,22);1H. The molecule has 7 heteroatoms. The van der Waals surface area contributed by atoms with Crippen LogP contribution in [0.25, 0.3) is 0 Å². The third-order valence-electron chi connectivity index (χ3n) is 3.43. The molecule has 1 heterocycles. The number of nitrogens with zero attached hydrogens (tertiary/aromatic N) is 2. The number of halogens is 1. The summed E-state index contributed by atoms with van der Waals surface area (Å²) in [7, 11) is 1.77. The van der Waals surface area contributed by atoms with Crippen molar-refractivity contribution >= 4 is 41.7 Å². The van der Waals surface area contributed by atoms with Crippen molar-refractivity contribution in [2.45, 2.75) is 32.8 Å². The number of para-hydroxylation sites is 1. The van der Waals surface area contributed by atoms with E-state index in [0.29, 0.717) is 13.1 Å². The largest absolute Gasteiger partial charge is 0.444 e. The van der Waals surface area contributed by atoms with Crippen LogP contribution >= 0.6 is 24.0 Å². The van der Waals surface area contributed by atoms with Crippen LogP contribution in [0.15, 0.2) is 29.3 Å². The van der Waals surface area contributed by atoms with Gasteiger partial charge in [-0.25, -0.2) is 4.79 Å². The molecule has 134 valence electrons. The zero-order valence-electron chi connectivity index (χ0n) is 14.8. The fourth-order valence-electron chi connectivity index (χ4n) is 2.51. The summed E-state index contributed by atoms with van der Waals surface area (Å²) in [6.07, 6.45) is 0.619. The molecule has 0 saturated carbocycles. The average molecular weight is 446 g/mol. The molecule has 1 aromatic carbocycles. The average Bonchev–Trinajstić information content (AvgIpc) is 2.89. The highest BCUT2D eigenvalue weighted by Crippen LogP contribution is 2.27. The molecule has 0 atom stereocenters. The summed E-state index contributed by atoms with van der Waals surface area (Å²) in [5.74, 6) is 0.820. The zero-order chi connectivity index (χ0) is 16.9. The molecule has 0 radical (unpaired) electrons. The van der Waals surface area contributed by atoms with Crippen LogP contribution in [0.3, 0.4) is 0 Å². The first-order chi connectivity index (χ1) is 10.9. The van der Waals surface area contributed by atoms with Crippen molar-refractivity contribution in [2.75, 3.05) is 31.6 Å². The molecule has 0 fully saturated rings. The normalized spacial score (nSPS) is 13.8. The number of anilines is 1. The molecule has 1 aliphatic heterocycles. The molecular formula is C17H27IN4O2. The van der Waals surface area contributed by atoms with E-state index in [1.54, 1.807) is 7.05 Å². The Morgan fingerprint density at radius 3 is 2.58 bits per heavy atom. The number of hydrogen-bond donors (Lipinski definition) is 2. The van der Waals surface area contributed by atoms with Gasteiger partial charge >= 0.3 is 6.09 Å². The highest BCUT2D eigenvalue weighted by Gasteiger charge is 2.22. The molecule has 6 nitrogen and oxygen atoms in total. The van der Waals surface area contributed by atoms with Gasteiger partial charge in [-0.15, -0.1) is 24.0 Å². The number of carbonyl (C=O) groups excluding carboxylic acids is 1. The topological polar surface area (TPSA) is 66.0 Å². The maximum atomic E-state index is 11.6. The molecular weight excluding hydrogens is 419 g/mol. The van der Waals surface area contributed by atoms with E-state index < -0.39 is 11.7 Å². The van der Waals surface area contributed by atoms with Crippen LogP contribution < -0.4 is 15.5 Å². The number of hydrogen-bond acceptors (Lipinski definition) is 3. The van der Waals surface area contributed by atoms with E-state index in [9.17, 15) is 4.79 Å². The molecule has 0 saturated heterocycles. The quantitative estimate of drug-likeness (QED) is 0.325. The van der Waals surface area contributed by atoms with Crippen molar-refractivity contribution in [3.8, 4) is 0 Å². The highest BCUT2D eigenvalue weighted by atomic mass is 127. The summed E-state index contributed by atoms with van der Waals surface area (Å²) in [4.78, 5) is 18.1. The number of amides is 1. The minimum atomic E-state index is -0.479. The number of aliphatic imine (C=N–C) groups is 1. The number of nitrogens with one attached hydrogen (secondary N) is 2. The second kappa shape index (κ2) is 9.10. The number of alkyl carbamates (subject to hydrolysis) is 1. The molecule has 0 aliphatic carbocycles. The lowest BCUT2D eigenvalue weighted by Gasteiger charge is -2.23. The minimum absolute atomic E-state index is 0. The zero-order valence-corrected chi connectivity index (χ0v) is 17.1. The molecule has 0 bridgehead atoms. The fourth-order valence-corrected chi connectivity index (χ4v) is 2.51. The van der Waals surface area contributed by atoms with Gasteiger partial charge in [-0.2, -0.15) is 0 Å². The summed E-state index contributed by atoms with van der Waals surface area (Å²) in [5.41, 5.74) is 2.05. The van der Waals surface area contributed by atoms with Gasteiger partial charge in [0.1, 0.15) is 5.60 Å². The number of fused-ring (bicyclic) bond motifs is 1. The van der Waals surface area contributed by atoms with Crippen molar-refractivity contribution in [2.24, 2.45) is 4.99 Å². The number of rotatable bonds is 3. The molecule has 24 heavy (non-hydrogen) atoms. The molecule has 1 amide bonds. The van der Waals surface area contributed by atoms with Gasteiger partial charge in [0.2, 0.25) is 0 Å². The first-order valence-corrected chi connectivity index (χ1v) is 7.93. The Morgan fingerprint density at radius 2 is 1.92 bits per heavy atom. The van der Waals surface area contributed by atoms with Crippen LogP contribution in [0.1, 0.15) is 26.3 Å². The Labute approximate surface area is 161 Å². The van der Waals surface area contributed by atoms with Gasteiger partial charge in [0.15, 0.2) is 5.96 Å². The summed E-state index contributed by atoms with van der Waals surface area (Å²) in [5, 5.41) is 6.01. The number of benzene rings is 1. The van der Waals surface area contributed by atoms with Gasteiger partial charge in [-0.3, -0.25) is 4.99 Å². The van der Waals surface area contributed by atoms with Crippen LogP contribution in [-0.2, 0) is 11.2 Å². The molecule has 1 aromatic rings. The van der Waals surface area contributed by atoms with Crippen LogP contribution in [-0.4, -0.2) is 44.3 Å². The Morgan fingerprint density at radius 1 is 1.25 bits per heavy atom. The Hall–Kier alpha value is -1.51. The van der Waals surface area contributed by atoms with E-state index in [1.807, 2.05) is 26.8 Å². The first-order valence-electron chi connectivity index (χ1n) is 7.93. The lowest BCUT2D eigenvalue weighted by Crippen LogP contribution is -2.44. The summed E-state index contributed by atoms with van der Waals surface area (Å²) in [6.45, 7) is 7.51. The maximum absolute atomic E-state index is 11.6. The predicted molar refractivity (Wildman–Crippen MR) is 109 cm³/mol. The van der Waals surface area contributed by atoms with E-state index in [0.717, 1.165) is 18.9 Å². The third kappa shape index (κ3) is 5.85. The lowest BCUT2D eigenvalue weighted by atomic mass is 10.2. The molecule has 2 N–H and O–H groups in total. The molecule has 2 rings (SSSR count). The second-order valence-electron chi connectivity index (χ2n) is 6.43. The Bertz CT molecular complexity index is 584. The Kier molecular flexibility index (Phi) is 7.78. The van der Waals surface area contributed by atoms with Gasteiger partial charge in [0, 0.05) is 32.4 Å². The highest BCUT2D eigenvalue weighted by molar-refractivity contribution is 14.0. The Balaban J connectivity index is 0.00000288. The van der Waals surface area contributed by atoms with Gasteiger partial charge in [-0.1, -0.05) is 18.2 Å². The van der Waals surface area contributed by atoms with E-state index in [2.05, 4.69) is 38.7 Å². The van der Waals surface area contributed by atoms with Crippen LogP contribution in [0.2, 0.25) is 0 Å². The first kappa shape index (κ1) is 20.5. The van der Waals surface area contributed by atoms with Crippen molar-refractivity contribution in [3.63, 3.8) is 0 Å². The molecule has 1 aliphatic rings.